The third-order valence-corrected chi connectivity index (χ3v) is 2.93. The van der Waals surface area contributed by atoms with Crippen molar-refractivity contribution >= 4 is 23.2 Å². The third-order valence-electron chi connectivity index (χ3n) is 2.71. The normalized spacial score (nSPS) is 12.9. The highest BCUT2D eigenvalue weighted by Crippen LogP contribution is 2.36. The molecule has 19 heavy (non-hydrogen) atoms. The summed E-state index contributed by atoms with van der Waals surface area (Å²) in [6.45, 7) is 0.553. The van der Waals surface area contributed by atoms with Gasteiger partial charge in [0.1, 0.15) is 5.75 Å². The van der Waals surface area contributed by atoms with Crippen LogP contribution in [-0.4, -0.2) is 27.7 Å². The number of carbonyl (C=O) groups excluding carboxylic acids is 1. The summed E-state index contributed by atoms with van der Waals surface area (Å²) in [7, 11) is 0. The molecule has 2 aromatic rings. The SMILES string of the molecule is O=C(Nc1cc(Cl)cc2c1OCC2)c1n[nH]c(=O)[nH]1. The summed E-state index contributed by atoms with van der Waals surface area (Å²) >= 11 is 5.98. The average molecular weight is 281 g/mol. The van der Waals surface area contributed by atoms with E-state index in [1.807, 2.05) is 0 Å². The predicted octanol–water partition coefficient (Wildman–Crippen LogP) is 0.939. The minimum Gasteiger partial charge on any atom is -0.491 e. The lowest BCUT2D eigenvalue weighted by Crippen LogP contribution is -2.15. The van der Waals surface area contributed by atoms with Crippen LogP contribution in [0, 0.1) is 0 Å². The Labute approximate surface area is 111 Å². The first-order valence-electron chi connectivity index (χ1n) is 5.55. The minimum atomic E-state index is -0.544. The Morgan fingerprint density at radius 3 is 3.05 bits per heavy atom. The first-order valence-corrected chi connectivity index (χ1v) is 5.92. The van der Waals surface area contributed by atoms with E-state index in [1.165, 1.54) is 0 Å². The van der Waals surface area contributed by atoms with Crippen LogP contribution in [0.2, 0.25) is 5.02 Å². The summed E-state index contributed by atoms with van der Waals surface area (Å²) < 4.78 is 5.45. The molecule has 0 bridgehead atoms. The molecule has 1 aliphatic rings. The van der Waals surface area contributed by atoms with E-state index in [9.17, 15) is 9.59 Å². The zero-order chi connectivity index (χ0) is 13.4. The van der Waals surface area contributed by atoms with Gasteiger partial charge in [-0.3, -0.25) is 9.78 Å². The molecule has 0 saturated heterocycles. The monoisotopic (exact) mass is 280 g/mol. The minimum absolute atomic E-state index is 0.100. The number of nitrogens with one attached hydrogen (secondary N) is 3. The van der Waals surface area contributed by atoms with Gasteiger partial charge >= 0.3 is 5.69 Å². The molecule has 2 heterocycles. The Balaban J connectivity index is 1.92. The number of hydrogen-bond acceptors (Lipinski definition) is 4. The summed E-state index contributed by atoms with van der Waals surface area (Å²) in [5, 5.41) is 8.79. The van der Waals surface area contributed by atoms with E-state index in [2.05, 4.69) is 20.5 Å². The number of ether oxygens (including phenoxy) is 1. The quantitative estimate of drug-likeness (QED) is 0.762. The van der Waals surface area contributed by atoms with Crippen LogP contribution in [-0.2, 0) is 6.42 Å². The van der Waals surface area contributed by atoms with Gasteiger partial charge in [-0.05, 0) is 12.1 Å². The Kier molecular flexibility index (Phi) is 2.75. The van der Waals surface area contributed by atoms with Crippen LogP contribution in [0.1, 0.15) is 16.2 Å². The number of aromatic nitrogens is 3. The smallest absolute Gasteiger partial charge is 0.341 e. The molecule has 0 fully saturated rings. The number of anilines is 1. The molecule has 1 aliphatic heterocycles. The lowest BCUT2D eigenvalue weighted by Gasteiger charge is -2.09. The molecule has 0 unspecified atom stereocenters. The Morgan fingerprint density at radius 2 is 2.32 bits per heavy atom. The number of benzene rings is 1. The van der Waals surface area contributed by atoms with Crippen LogP contribution in [0.5, 0.6) is 5.75 Å². The number of aromatic amines is 2. The molecule has 0 aliphatic carbocycles. The van der Waals surface area contributed by atoms with E-state index in [0.717, 1.165) is 12.0 Å². The molecule has 7 nitrogen and oxygen atoms in total. The molecule has 1 aromatic carbocycles. The van der Waals surface area contributed by atoms with Crippen LogP contribution in [0.3, 0.4) is 0 Å². The summed E-state index contributed by atoms with van der Waals surface area (Å²) in [5.41, 5.74) is 0.866. The summed E-state index contributed by atoms with van der Waals surface area (Å²) in [6.07, 6.45) is 0.748. The van der Waals surface area contributed by atoms with E-state index in [4.69, 9.17) is 16.3 Å². The molecule has 1 aromatic heterocycles. The molecule has 3 N–H and O–H groups in total. The van der Waals surface area contributed by atoms with Crippen molar-refractivity contribution in [2.75, 3.05) is 11.9 Å². The van der Waals surface area contributed by atoms with Crippen molar-refractivity contribution in [1.29, 1.82) is 0 Å². The maximum Gasteiger partial charge on any atom is 0.341 e. The molecular weight excluding hydrogens is 272 g/mol. The molecule has 98 valence electrons. The number of fused-ring (bicyclic) bond motifs is 1. The van der Waals surface area contributed by atoms with E-state index >= 15 is 0 Å². The second-order valence-corrected chi connectivity index (χ2v) is 4.46. The van der Waals surface area contributed by atoms with Crippen molar-refractivity contribution in [3.05, 3.63) is 39.0 Å². The molecule has 1 amide bonds. The van der Waals surface area contributed by atoms with Gasteiger partial charge in [0, 0.05) is 17.0 Å². The molecule has 8 heteroatoms. The van der Waals surface area contributed by atoms with Crippen molar-refractivity contribution < 1.29 is 9.53 Å². The van der Waals surface area contributed by atoms with Crippen LogP contribution in [0.25, 0.3) is 0 Å². The highest BCUT2D eigenvalue weighted by molar-refractivity contribution is 6.31. The fourth-order valence-electron chi connectivity index (χ4n) is 1.92. The molecule has 0 atom stereocenters. The van der Waals surface area contributed by atoms with Gasteiger partial charge in [-0.2, -0.15) is 0 Å². The average Bonchev–Trinajstić information content (AvgIpc) is 2.97. The van der Waals surface area contributed by atoms with E-state index in [0.29, 0.717) is 23.1 Å². The number of halogens is 1. The molecular formula is C11H9ClN4O3. The molecule has 0 spiro atoms. The third kappa shape index (κ3) is 2.19. The highest BCUT2D eigenvalue weighted by Gasteiger charge is 2.20. The van der Waals surface area contributed by atoms with E-state index in [1.54, 1.807) is 12.1 Å². The topological polar surface area (TPSA) is 99.9 Å². The van der Waals surface area contributed by atoms with E-state index in [-0.39, 0.29) is 5.82 Å². The lowest BCUT2D eigenvalue weighted by molar-refractivity contribution is 0.101. The zero-order valence-corrected chi connectivity index (χ0v) is 10.4. The van der Waals surface area contributed by atoms with Gasteiger partial charge in [-0.25, -0.2) is 9.89 Å². The zero-order valence-electron chi connectivity index (χ0n) is 9.62. The van der Waals surface area contributed by atoms with Crippen molar-refractivity contribution in [2.24, 2.45) is 0 Å². The number of nitrogens with zero attached hydrogens (tertiary/aromatic N) is 1. The maximum absolute atomic E-state index is 11.9. The fourth-order valence-corrected chi connectivity index (χ4v) is 2.16. The summed E-state index contributed by atoms with van der Waals surface area (Å²) in [6, 6.07) is 3.39. The second-order valence-electron chi connectivity index (χ2n) is 4.02. The number of hydrogen-bond donors (Lipinski definition) is 3. The van der Waals surface area contributed by atoms with Gasteiger partial charge < -0.3 is 10.1 Å². The first kappa shape index (κ1) is 11.8. The van der Waals surface area contributed by atoms with Crippen LogP contribution in [0.4, 0.5) is 5.69 Å². The van der Waals surface area contributed by atoms with Crippen molar-refractivity contribution in [3.8, 4) is 5.75 Å². The van der Waals surface area contributed by atoms with Gasteiger partial charge in [0.15, 0.2) is 0 Å². The van der Waals surface area contributed by atoms with Gasteiger partial charge in [-0.15, -0.1) is 5.10 Å². The van der Waals surface area contributed by atoms with Gasteiger partial charge in [0.2, 0.25) is 5.82 Å². The second kappa shape index (κ2) is 4.43. The van der Waals surface area contributed by atoms with Gasteiger partial charge in [-0.1, -0.05) is 11.6 Å². The molecule has 3 rings (SSSR count). The molecule has 0 radical (unpaired) electrons. The number of rotatable bonds is 2. The highest BCUT2D eigenvalue weighted by atomic mass is 35.5. The van der Waals surface area contributed by atoms with Crippen molar-refractivity contribution in [1.82, 2.24) is 15.2 Å². The Bertz CT molecular complexity index is 706. The van der Waals surface area contributed by atoms with E-state index < -0.39 is 11.6 Å². The number of H-pyrrole nitrogens is 2. The largest absolute Gasteiger partial charge is 0.491 e. The number of carbonyl (C=O) groups is 1. The number of amides is 1. The van der Waals surface area contributed by atoms with Gasteiger partial charge in [0.25, 0.3) is 5.91 Å². The first-order chi connectivity index (χ1) is 9.13. The van der Waals surface area contributed by atoms with Crippen LogP contribution >= 0.6 is 11.6 Å². The Hall–Kier alpha value is -2.28. The fraction of sp³-hybridized carbons (Fsp3) is 0.182. The summed E-state index contributed by atoms with van der Waals surface area (Å²) in [5.74, 6) is -0.0364. The van der Waals surface area contributed by atoms with Crippen LogP contribution < -0.4 is 15.7 Å². The van der Waals surface area contributed by atoms with Crippen molar-refractivity contribution in [3.63, 3.8) is 0 Å². The summed E-state index contributed by atoms with van der Waals surface area (Å²) in [4.78, 5) is 25.0. The van der Waals surface area contributed by atoms with Gasteiger partial charge in [0.05, 0.1) is 12.3 Å². The van der Waals surface area contributed by atoms with Crippen molar-refractivity contribution in [2.45, 2.75) is 6.42 Å². The lowest BCUT2D eigenvalue weighted by atomic mass is 10.1. The molecule has 0 saturated carbocycles. The Morgan fingerprint density at radius 1 is 1.47 bits per heavy atom. The maximum atomic E-state index is 11.9. The van der Waals surface area contributed by atoms with Crippen LogP contribution in [0.15, 0.2) is 16.9 Å². The standard InChI is InChI=1S/C11H9ClN4O3/c12-6-3-5-1-2-19-8(5)7(4-6)13-10(17)9-14-11(18)16-15-9/h3-4H,1-2H2,(H,13,17)(H2,14,15,16,18). The predicted molar refractivity (Wildman–Crippen MR) is 67.8 cm³/mol.